The Morgan fingerprint density at radius 3 is 2.59 bits per heavy atom. The minimum absolute atomic E-state index is 0.0705. The second-order valence-electron chi connectivity index (χ2n) is 4.26. The van der Waals surface area contributed by atoms with Crippen molar-refractivity contribution in [3.8, 4) is 5.75 Å². The largest absolute Gasteiger partial charge is 0.494 e. The first-order valence-corrected chi connectivity index (χ1v) is 5.26. The molecule has 1 aromatic carbocycles. The fourth-order valence-electron chi connectivity index (χ4n) is 1.91. The quantitative estimate of drug-likeness (QED) is 0.841. The van der Waals surface area contributed by atoms with Crippen molar-refractivity contribution < 1.29 is 24.1 Å². The highest BCUT2D eigenvalue weighted by molar-refractivity contribution is 5.79. The van der Waals surface area contributed by atoms with Gasteiger partial charge in [-0.1, -0.05) is 6.07 Å². The molecule has 0 aromatic heterocycles. The van der Waals surface area contributed by atoms with Crippen molar-refractivity contribution in [2.75, 3.05) is 7.11 Å². The molecule has 4 nitrogen and oxygen atoms in total. The van der Waals surface area contributed by atoms with Crippen molar-refractivity contribution in [2.24, 2.45) is 5.41 Å². The fourth-order valence-corrected chi connectivity index (χ4v) is 1.91. The van der Waals surface area contributed by atoms with Gasteiger partial charge in [0.05, 0.1) is 18.6 Å². The third-order valence-corrected chi connectivity index (χ3v) is 3.23. The maximum Gasteiger partial charge on any atom is 0.312 e. The number of rotatable bonds is 4. The Morgan fingerprint density at radius 2 is 2.18 bits per heavy atom. The minimum Gasteiger partial charge on any atom is -0.494 e. The first-order valence-electron chi connectivity index (χ1n) is 5.26. The molecule has 1 saturated carbocycles. The van der Waals surface area contributed by atoms with Crippen molar-refractivity contribution in [2.45, 2.75) is 18.9 Å². The van der Waals surface area contributed by atoms with E-state index in [0.717, 1.165) is 6.07 Å². The zero-order valence-electron chi connectivity index (χ0n) is 9.31. The summed E-state index contributed by atoms with van der Waals surface area (Å²) in [7, 11) is 1.34. The van der Waals surface area contributed by atoms with Crippen molar-refractivity contribution >= 4 is 5.97 Å². The van der Waals surface area contributed by atoms with Gasteiger partial charge >= 0.3 is 5.97 Å². The van der Waals surface area contributed by atoms with Gasteiger partial charge in [-0.3, -0.25) is 4.79 Å². The van der Waals surface area contributed by atoms with Crippen LogP contribution in [-0.4, -0.2) is 23.3 Å². The summed E-state index contributed by atoms with van der Waals surface area (Å²) in [5.74, 6) is -1.58. The molecule has 0 aliphatic heterocycles. The first kappa shape index (κ1) is 11.9. The Balaban J connectivity index is 2.29. The molecule has 1 unspecified atom stereocenters. The van der Waals surface area contributed by atoms with Crippen LogP contribution in [0.2, 0.25) is 0 Å². The summed E-state index contributed by atoms with van der Waals surface area (Å²) in [6.45, 7) is 0. The van der Waals surface area contributed by atoms with E-state index in [1.54, 1.807) is 0 Å². The molecule has 17 heavy (non-hydrogen) atoms. The van der Waals surface area contributed by atoms with Gasteiger partial charge in [-0.25, -0.2) is 4.39 Å². The molecule has 2 rings (SSSR count). The SMILES string of the molecule is COc1ccc(C(O)C2(C(=O)O)CC2)cc1F. The van der Waals surface area contributed by atoms with Crippen LogP contribution in [-0.2, 0) is 4.79 Å². The number of carboxylic acids is 1. The van der Waals surface area contributed by atoms with Gasteiger partial charge in [-0.05, 0) is 30.5 Å². The van der Waals surface area contributed by atoms with Crippen molar-refractivity contribution in [1.82, 2.24) is 0 Å². The Bertz CT molecular complexity index is 454. The van der Waals surface area contributed by atoms with Crippen molar-refractivity contribution in [3.63, 3.8) is 0 Å². The zero-order chi connectivity index (χ0) is 12.6. The van der Waals surface area contributed by atoms with Gasteiger partial charge in [0.25, 0.3) is 0 Å². The molecule has 2 N–H and O–H groups in total. The predicted octanol–water partition coefficient (Wildman–Crippen LogP) is 1.73. The van der Waals surface area contributed by atoms with Gasteiger partial charge in [0.1, 0.15) is 0 Å². The number of aliphatic carboxylic acids is 1. The molecule has 0 heterocycles. The highest BCUT2D eigenvalue weighted by Gasteiger charge is 2.56. The lowest BCUT2D eigenvalue weighted by atomic mass is 9.93. The molecule has 1 aliphatic carbocycles. The molecular formula is C12H13FO4. The lowest BCUT2D eigenvalue weighted by molar-refractivity contribution is -0.148. The second kappa shape index (κ2) is 4.00. The number of aliphatic hydroxyl groups is 1. The molecule has 92 valence electrons. The van der Waals surface area contributed by atoms with E-state index in [1.165, 1.54) is 19.2 Å². The molecule has 1 aliphatic rings. The normalized spacial score (nSPS) is 18.5. The van der Waals surface area contributed by atoms with E-state index in [2.05, 4.69) is 0 Å². The van der Waals surface area contributed by atoms with Gasteiger partial charge in [-0.2, -0.15) is 0 Å². The van der Waals surface area contributed by atoms with Crippen LogP contribution in [0.3, 0.4) is 0 Å². The highest BCUT2D eigenvalue weighted by atomic mass is 19.1. The number of carboxylic acid groups (broad SMARTS) is 1. The summed E-state index contributed by atoms with van der Waals surface area (Å²) in [5, 5.41) is 19.0. The van der Waals surface area contributed by atoms with E-state index >= 15 is 0 Å². The lowest BCUT2D eigenvalue weighted by Gasteiger charge is -2.18. The van der Waals surface area contributed by atoms with E-state index in [0.29, 0.717) is 12.8 Å². The number of benzene rings is 1. The van der Waals surface area contributed by atoms with E-state index in [4.69, 9.17) is 9.84 Å². The average molecular weight is 240 g/mol. The number of methoxy groups -OCH3 is 1. The van der Waals surface area contributed by atoms with E-state index in [-0.39, 0.29) is 11.3 Å². The van der Waals surface area contributed by atoms with E-state index in [9.17, 15) is 14.3 Å². The Kier molecular flexibility index (Phi) is 2.79. The number of carbonyl (C=O) groups is 1. The van der Waals surface area contributed by atoms with Crippen LogP contribution >= 0.6 is 0 Å². The topological polar surface area (TPSA) is 66.8 Å². The second-order valence-corrected chi connectivity index (χ2v) is 4.26. The van der Waals surface area contributed by atoms with E-state index < -0.39 is 23.3 Å². The molecule has 0 amide bonds. The fraction of sp³-hybridized carbons (Fsp3) is 0.417. The third-order valence-electron chi connectivity index (χ3n) is 3.23. The van der Waals surface area contributed by atoms with Gasteiger partial charge in [0.15, 0.2) is 11.6 Å². The molecular weight excluding hydrogens is 227 g/mol. The third kappa shape index (κ3) is 1.86. The maximum atomic E-state index is 13.4. The van der Waals surface area contributed by atoms with Crippen LogP contribution in [0.5, 0.6) is 5.75 Å². The van der Waals surface area contributed by atoms with Crippen LogP contribution in [0.15, 0.2) is 18.2 Å². The summed E-state index contributed by atoms with van der Waals surface area (Å²) in [5.41, 5.74) is -0.871. The molecule has 0 bridgehead atoms. The Hall–Kier alpha value is -1.62. The van der Waals surface area contributed by atoms with Crippen LogP contribution in [0.25, 0.3) is 0 Å². The molecule has 1 fully saturated rings. The number of hydrogen-bond acceptors (Lipinski definition) is 3. The minimum atomic E-state index is -1.18. The predicted molar refractivity (Wildman–Crippen MR) is 57.2 cm³/mol. The monoisotopic (exact) mass is 240 g/mol. The smallest absolute Gasteiger partial charge is 0.312 e. The molecule has 0 saturated heterocycles. The molecule has 1 atom stereocenters. The Morgan fingerprint density at radius 1 is 1.53 bits per heavy atom. The Labute approximate surface area is 97.6 Å². The van der Waals surface area contributed by atoms with Gasteiger partial charge in [0, 0.05) is 0 Å². The van der Waals surface area contributed by atoms with Crippen molar-refractivity contribution in [3.05, 3.63) is 29.6 Å². The average Bonchev–Trinajstić information content (AvgIpc) is 3.09. The molecule has 0 spiro atoms. The van der Waals surface area contributed by atoms with Gasteiger partial charge < -0.3 is 14.9 Å². The van der Waals surface area contributed by atoms with E-state index in [1.807, 2.05) is 0 Å². The summed E-state index contributed by atoms with van der Waals surface area (Å²) >= 11 is 0. The molecule has 0 radical (unpaired) electrons. The highest BCUT2D eigenvalue weighted by Crippen LogP contribution is 2.55. The van der Waals surface area contributed by atoms with Crippen LogP contribution in [0.4, 0.5) is 4.39 Å². The summed E-state index contributed by atoms with van der Waals surface area (Å²) < 4.78 is 18.2. The summed E-state index contributed by atoms with van der Waals surface area (Å²) in [6, 6.07) is 3.98. The van der Waals surface area contributed by atoms with Gasteiger partial charge in [0.2, 0.25) is 0 Å². The maximum absolute atomic E-state index is 13.4. The summed E-state index contributed by atoms with van der Waals surface area (Å²) in [6.07, 6.45) is -0.353. The van der Waals surface area contributed by atoms with Gasteiger partial charge in [-0.15, -0.1) is 0 Å². The molecule has 1 aromatic rings. The number of hydrogen-bond donors (Lipinski definition) is 2. The standard InChI is InChI=1S/C12H13FO4/c1-17-9-3-2-7(6-8(9)13)10(14)12(4-5-12)11(15)16/h2-3,6,10,14H,4-5H2,1H3,(H,15,16). The molecule has 5 heteroatoms. The number of halogens is 1. The van der Waals surface area contributed by atoms with Crippen molar-refractivity contribution in [1.29, 1.82) is 0 Å². The van der Waals surface area contributed by atoms with Crippen LogP contribution in [0, 0.1) is 11.2 Å². The first-order chi connectivity index (χ1) is 8.01. The zero-order valence-corrected chi connectivity index (χ0v) is 9.31. The summed E-state index contributed by atoms with van der Waals surface area (Å²) in [4.78, 5) is 11.0. The lowest BCUT2D eigenvalue weighted by Crippen LogP contribution is -2.23. The number of ether oxygens (including phenoxy) is 1. The number of aliphatic hydroxyl groups excluding tert-OH is 1. The van der Waals surface area contributed by atoms with Crippen LogP contribution in [0.1, 0.15) is 24.5 Å². The van der Waals surface area contributed by atoms with Crippen LogP contribution < -0.4 is 4.74 Å².